The summed E-state index contributed by atoms with van der Waals surface area (Å²) in [7, 11) is 2.15. The van der Waals surface area contributed by atoms with E-state index in [1.54, 1.807) is 0 Å². The Morgan fingerprint density at radius 1 is 1.11 bits per heavy atom. The molecule has 1 aromatic carbocycles. The van der Waals surface area contributed by atoms with Crippen LogP contribution >= 0.6 is 0 Å². The molecule has 18 heavy (non-hydrogen) atoms. The van der Waals surface area contributed by atoms with Crippen LogP contribution in [0.15, 0.2) is 47.7 Å². The van der Waals surface area contributed by atoms with E-state index in [1.807, 2.05) is 0 Å². The molecule has 1 aromatic rings. The van der Waals surface area contributed by atoms with Crippen molar-refractivity contribution in [1.82, 2.24) is 0 Å². The molecule has 0 bridgehead atoms. The van der Waals surface area contributed by atoms with E-state index < -0.39 is 0 Å². The number of likely N-dealkylation sites (N-methyl/N-ethyl adjacent to an activating group) is 1. The zero-order valence-electron chi connectivity index (χ0n) is 11.9. The Balaban J connectivity index is 2.23. The zero-order chi connectivity index (χ0) is 13.1. The molecule has 0 atom stereocenters. The maximum absolute atomic E-state index is 2.29. The van der Waals surface area contributed by atoms with Crippen LogP contribution in [-0.2, 0) is 0 Å². The van der Waals surface area contributed by atoms with Crippen molar-refractivity contribution >= 4 is 5.69 Å². The molecule has 0 unspecified atom stereocenters. The van der Waals surface area contributed by atoms with Crippen molar-refractivity contribution < 1.29 is 0 Å². The summed E-state index contributed by atoms with van der Waals surface area (Å²) >= 11 is 0. The highest BCUT2D eigenvalue weighted by Gasteiger charge is 2.10. The molecule has 2 rings (SSSR count). The second kappa shape index (κ2) is 5.43. The second-order valence-corrected chi connectivity index (χ2v) is 5.41. The van der Waals surface area contributed by atoms with Crippen molar-refractivity contribution in [3.8, 4) is 0 Å². The molecule has 1 nitrogen and oxygen atoms in total. The Labute approximate surface area is 111 Å². The number of anilines is 1. The lowest BCUT2D eigenvalue weighted by molar-refractivity contribution is 0.865. The molecule has 0 saturated carbocycles. The van der Waals surface area contributed by atoms with Gasteiger partial charge in [0.15, 0.2) is 0 Å². The molecule has 0 spiro atoms. The van der Waals surface area contributed by atoms with Crippen LogP contribution in [0.2, 0.25) is 0 Å². The normalized spacial score (nSPS) is 15.4. The van der Waals surface area contributed by atoms with Crippen molar-refractivity contribution in [2.75, 3.05) is 11.9 Å². The number of benzene rings is 1. The molecule has 1 heteroatoms. The molecule has 0 fully saturated rings. The molecule has 1 aliphatic rings. The summed E-state index contributed by atoms with van der Waals surface area (Å²) in [6.45, 7) is 6.70. The summed E-state index contributed by atoms with van der Waals surface area (Å²) in [6, 6.07) is 8.91. The third-order valence-electron chi connectivity index (χ3n) is 3.71. The highest BCUT2D eigenvalue weighted by Crippen LogP contribution is 2.26. The summed E-state index contributed by atoms with van der Waals surface area (Å²) < 4.78 is 0. The average Bonchev–Trinajstić information content (AvgIpc) is 2.38. The molecule has 0 saturated heterocycles. The van der Waals surface area contributed by atoms with Gasteiger partial charge in [0.2, 0.25) is 0 Å². The Bertz CT molecular complexity index is 463. The van der Waals surface area contributed by atoms with Gasteiger partial charge >= 0.3 is 0 Å². The van der Waals surface area contributed by atoms with Crippen LogP contribution in [-0.4, -0.2) is 7.05 Å². The SMILES string of the molecule is CC1=C(N(C)c2ccc(C(C)C)cc2)C=CCC1. The van der Waals surface area contributed by atoms with E-state index in [1.165, 1.54) is 35.4 Å². The van der Waals surface area contributed by atoms with Crippen molar-refractivity contribution in [1.29, 1.82) is 0 Å². The highest BCUT2D eigenvalue weighted by atomic mass is 15.1. The van der Waals surface area contributed by atoms with Crippen molar-refractivity contribution in [2.24, 2.45) is 0 Å². The number of rotatable bonds is 3. The fourth-order valence-corrected chi connectivity index (χ4v) is 2.39. The summed E-state index contributed by atoms with van der Waals surface area (Å²) in [5.41, 5.74) is 5.49. The van der Waals surface area contributed by atoms with E-state index in [9.17, 15) is 0 Å². The minimum absolute atomic E-state index is 0.597. The monoisotopic (exact) mass is 241 g/mol. The van der Waals surface area contributed by atoms with E-state index in [0.29, 0.717) is 5.92 Å². The summed E-state index contributed by atoms with van der Waals surface area (Å²) in [6.07, 6.45) is 6.87. The lowest BCUT2D eigenvalue weighted by atomic mass is 10.0. The minimum atomic E-state index is 0.597. The van der Waals surface area contributed by atoms with Crippen LogP contribution in [0, 0.1) is 0 Å². The first kappa shape index (κ1) is 12.9. The Hall–Kier alpha value is -1.50. The maximum atomic E-state index is 2.29. The van der Waals surface area contributed by atoms with Gasteiger partial charge in [-0.05, 0) is 55.0 Å². The molecule has 0 radical (unpaired) electrons. The van der Waals surface area contributed by atoms with Crippen molar-refractivity contribution in [2.45, 2.75) is 39.5 Å². The second-order valence-electron chi connectivity index (χ2n) is 5.41. The molecule has 0 aromatic heterocycles. The standard InChI is InChI=1S/C17H23N/c1-13(2)15-9-11-16(12-10-15)18(4)17-8-6-5-7-14(17)3/h6,8-13H,5,7H2,1-4H3. The number of hydrogen-bond donors (Lipinski definition) is 0. The van der Waals surface area contributed by atoms with E-state index in [-0.39, 0.29) is 0 Å². The molecule has 0 N–H and O–H groups in total. The largest absolute Gasteiger partial charge is 0.345 e. The Morgan fingerprint density at radius 2 is 1.78 bits per heavy atom. The van der Waals surface area contributed by atoms with Gasteiger partial charge in [-0.1, -0.05) is 32.1 Å². The summed E-state index contributed by atoms with van der Waals surface area (Å²) in [5.74, 6) is 0.597. The van der Waals surface area contributed by atoms with Gasteiger partial charge < -0.3 is 4.90 Å². The first-order valence-electron chi connectivity index (χ1n) is 6.79. The van der Waals surface area contributed by atoms with Crippen LogP contribution in [0.5, 0.6) is 0 Å². The van der Waals surface area contributed by atoms with Gasteiger partial charge in [0, 0.05) is 18.4 Å². The predicted octanol–water partition coefficient (Wildman–Crippen LogP) is 4.87. The van der Waals surface area contributed by atoms with Crippen LogP contribution in [0.25, 0.3) is 0 Å². The number of hydrogen-bond acceptors (Lipinski definition) is 1. The van der Waals surface area contributed by atoms with Crippen LogP contribution in [0.3, 0.4) is 0 Å². The third-order valence-corrected chi connectivity index (χ3v) is 3.71. The quantitative estimate of drug-likeness (QED) is 0.729. The zero-order valence-corrected chi connectivity index (χ0v) is 11.9. The topological polar surface area (TPSA) is 3.24 Å². The van der Waals surface area contributed by atoms with Gasteiger partial charge in [-0.15, -0.1) is 0 Å². The van der Waals surface area contributed by atoms with Gasteiger partial charge in [-0.2, -0.15) is 0 Å². The van der Waals surface area contributed by atoms with E-state index in [4.69, 9.17) is 0 Å². The van der Waals surface area contributed by atoms with Gasteiger partial charge in [-0.25, -0.2) is 0 Å². The molecule has 0 heterocycles. The highest BCUT2D eigenvalue weighted by molar-refractivity contribution is 5.56. The number of allylic oxidation sites excluding steroid dienone is 3. The van der Waals surface area contributed by atoms with E-state index in [0.717, 1.165) is 0 Å². The summed E-state index contributed by atoms with van der Waals surface area (Å²) in [5, 5.41) is 0. The first-order valence-corrected chi connectivity index (χ1v) is 6.79. The van der Waals surface area contributed by atoms with Gasteiger partial charge in [0.25, 0.3) is 0 Å². The maximum Gasteiger partial charge on any atom is 0.0408 e. The first-order chi connectivity index (χ1) is 8.59. The molecular formula is C17H23N. The molecule has 96 valence electrons. The van der Waals surface area contributed by atoms with Gasteiger partial charge in [0.05, 0.1) is 0 Å². The van der Waals surface area contributed by atoms with Gasteiger partial charge in [-0.3, -0.25) is 0 Å². The lowest BCUT2D eigenvalue weighted by Crippen LogP contribution is -2.17. The van der Waals surface area contributed by atoms with E-state index >= 15 is 0 Å². The Kier molecular flexibility index (Phi) is 3.90. The average molecular weight is 241 g/mol. The molecule has 1 aliphatic carbocycles. The predicted molar refractivity (Wildman–Crippen MR) is 80.0 cm³/mol. The number of nitrogens with zero attached hydrogens (tertiary/aromatic N) is 1. The summed E-state index contributed by atoms with van der Waals surface area (Å²) in [4.78, 5) is 2.29. The smallest absolute Gasteiger partial charge is 0.0408 e. The fourth-order valence-electron chi connectivity index (χ4n) is 2.39. The van der Waals surface area contributed by atoms with E-state index in [2.05, 4.69) is 69.1 Å². The van der Waals surface area contributed by atoms with Crippen LogP contribution in [0.4, 0.5) is 5.69 Å². The molecule has 0 amide bonds. The minimum Gasteiger partial charge on any atom is -0.345 e. The van der Waals surface area contributed by atoms with Crippen molar-refractivity contribution in [3.63, 3.8) is 0 Å². The lowest BCUT2D eigenvalue weighted by Gasteiger charge is -2.25. The van der Waals surface area contributed by atoms with Crippen molar-refractivity contribution in [3.05, 3.63) is 53.3 Å². The fraction of sp³-hybridized carbons (Fsp3) is 0.412. The van der Waals surface area contributed by atoms with Gasteiger partial charge in [0.1, 0.15) is 0 Å². The molecular weight excluding hydrogens is 218 g/mol. The Morgan fingerprint density at radius 3 is 2.33 bits per heavy atom. The third kappa shape index (κ3) is 2.66. The van der Waals surface area contributed by atoms with Crippen LogP contribution < -0.4 is 4.90 Å². The van der Waals surface area contributed by atoms with Crippen LogP contribution in [0.1, 0.15) is 45.1 Å². The molecule has 0 aliphatic heterocycles.